The lowest BCUT2D eigenvalue weighted by Crippen LogP contribution is -2.20. The van der Waals surface area contributed by atoms with Crippen LogP contribution in [0.25, 0.3) is 11.6 Å². The number of aryl methyl sites for hydroxylation is 1. The zero-order valence-corrected chi connectivity index (χ0v) is 18.0. The van der Waals surface area contributed by atoms with E-state index >= 15 is 0 Å². The van der Waals surface area contributed by atoms with Crippen LogP contribution in [-0.4, -0.2) is 35.6 Å². The van der Waals surface area contributed by atoms with Gasteiger partial charge in [-0.15, -0.1) is 0 Å². The number of aromatic nitrogens is 2. The van der Waals surface area contributed by atoms with E-state index in [9.17, 15) is 9.59 Å². The van der Waals surface area contributed by atoms with Crippen LogP contribution in [-0.2, 0) is 22.5 Å². The Balaban J connectivity index is 1.71. The summed E-state index contributed by atoms with van der Waals surface area (Å²) in [5, 5.41) is 0. The third-order valence-electron chi connectivity index (χ3n) is 5.54. The van der Waals surface area contributed by atoms with Crippen molar-refractivity contribution in [2.45, 2.75) is 26.3 Å². The molecule has 0 unspecified atom stereocenters. The van der Waals surface area contributed by atoms with Gasteiger partial charge in [0.1, 0.15) is 5.82 Å². The Morgan fingerprint density at radius 1 is 1.13 bits per heavy atom. The maximum Gasteiger partial charge on any atom is 0.337 e. The zero-order valence-electron chi connectivity index (χ0n) is 18.0. The number of carbonyl (C=O) groups is 2. The lowest BCUT2D eigenvalue weighted by Gasteiger charge is -2.11. The second kappa shape index (κ2) is 8.60. The molecule has 1 amide bonds. The van der Waals surface area contributed by atoms with Crippen LogP contribution in [0.2, 0.25) is 0 Å². The summed E-state index contributed by atoms with van der Waals surface area (Å²) in [5.41, 5.74) is 4.96. The SMILES string of the molecule is CCCc1ncc(C=C2C(=O)N(C)c3ccccc32)n1Cc1ccc(C(=O)OC)cc1. The molecule has 2 aromatic carbocycles. The summed E-state index contributed by atoms with van der Waals surface area (Å²) >= 11 is 0. The van der Waals surface area contributed by atoms with Crippen LogP contribution in [0.1, 0.15) is 46.3 Å². The molecule has 4 rings (SSSR count). The molecule has 0 N–H and O–H groups in total. The van der Waals surface area contributed by atoms with Crippen LogP contribution in [0.5, 0.6) is 0 Å². The molecule has 1 aliphatic heterocycles. The molecule has 0 atom stereocenters. The molecular weight excluding hydrogens is 390 g/mol. The quantitative estimate of drug-likeness (QED) is 0.447. The first-order valence-electron chi connectivity index (χ1n) is 10.3. The summed E-state index contributed by atoms with van der Waals surface area (Å²) in [7, 11) is 3.17. The Labute approximate surface area is 181 Å². The molecule has 0 bridgehead atoms. The number of likely N-dealkylation sites (N-methyl/N-ethyl adjacent to an activating group) is 1. The summed E-state index contributed by atoms with van der Waals surface area (Å²) in [6.45, 7) is 2.72. The highest BCUT2D eigenvalue weighted by Crippen LogP contribution is 2.36. The molecule has 0 saturated heterocycles. The Kier molecular flexibility index (Phi) is 5.71. The number of para-hydroxylation sites is 1. The highest BCUT2D eigenvalue weighted by Gasteiger charge is 2.29. The van der Waals surface area contributed by atoms with Gasteiger partial charge >= 0.3 is 5.97 Å². The minimum Gasteiger partial charge on any atom is -0.465 e. The van der Waals surface area contributed by atoms with E-state index in [1.54, 1.807) is 24.1 Å². The number of methoxy groups -OCH3 is 1. The van der Waals surface area contributed by atoms with Gasteiger partial charge in [-0.2, -0.15) is 0 Å². The van der Waals surface area contributed by atoms with E-state index in [4.69, 9.17) is 4.74 Å². The van der Waals surface area contributed by atoms with Gasteiger partial charge in [0.15, 0.2) is 0 Å². The maximum absolute atomic E-state index is 12.9. The molecule has 158 valence electrons. The first-order valence-corrected chi connectivity index (χ1v) is 10.3. The molecule has 31 heavy (non-hydrogen) atoms. The van der Waals surface area contributed by atoms with Crippen molar-refractivity contribution in [2.24, 2.45) is 0 Å². The topological polar surface area (TPSA) is 64.4 Å². The van der Waals surface area contributed by atoms with Crippen molar-refractivity contribution in [2.75, 3.05) is 19.1 Å². The molecule has 0 saturated carbocycles. The number of benzene rings is 2. The minimum absolute atomic E-state index is 0.0200. The summed E-state index contributed by atoms with van der Waals surface area (Å²) in [5.74, 6) is 0.598. The van der Waals surface area contributed by atoms with Gasteiger partial charge < -0.3 is 14.2 Å². The second-order valence-electron chi connectivity index (χ2n) is 7.56. The minimum atomic E-state index is -0.353. The number of esters is 1. The van der Waals surface area contributed by atoms with Crippen LogP contribution in [0.4, 0.5) is 5.69 Å². The first kappa shape index (κ1) is 20.6. The molecule has 0 spiro atoms. The van der Waals surface area contributed by atoms with Gasteiger partial charge in [0.05, 0.1) is 35.8 Å². The number of carbonyl (C=O) groups excluding carboxylic acids is 2. The molecule has 1 aromatic heterocycles. The van der Waals surface area contributed by atoms with Crippen molar-refractivity contribution in [1.82, 2.24) is 9.55 Å². The number of hydrogen-bond donors (Lipinski definition) is 0. The highest BCUT2D eigenvalue weighted by molar-refractivity contribution is 6.35. The number of nitrogens with zero attached hydrogens (tertiary/aromatic N) is 3. The third-order valence-corrected chi connectivity index (χ3v) is 5.54. The van der Waals surface area contributed by atoms with Crippen molar-refractivity contribution >= 4 is 29.2 Å². The number of rotatable bonds is 6. The van der Waals surface area contributed by atoms with E-state index in [0.717, 1.165) is 41.2 Å². The number of fused-ring (bicyclic) bond motifs is 1. The van der Waals surface area contributed by atoms with E-state index in [-0.39, 0.29) is 11.9 Å². The Hall–Kier alpha value is -3.67. The average molecular weight is 415 g/mol. The first-order chi connectivity index (χ1) is 15.0. The van der Waals surface area contributed by atoms with Crippen LogP contribution in [0.15, 0.2) is 54.7 Å². The summed E-state index contributed by atoms with van der Waals surface area (Å²) < 4.78 is 6.91. The largest absolute Gasteiger partial charge is 0.465 e. The Morgan fingerprint density at radius 3 is 2.58 bits per heavy atom. The molecule has 0 aliphatic carbocycles. The normalized spacial score (nSPS) is 14.2. The van der Waals surface area contributed by atoms with Crippen molar-refractivity contribution in [3.63, 3.8) is 0 Å². The number of ether oxygens (including phenoxy) is 1. The number of hydrogen-bond acceptors (Lipinski definition) is 4. The fraction of sp³-hybridized carbons (Fsp3) is 0.240. The predicted molar refractivity (Wildman–Crippen MR) is 121 cm³/mol. The van der Waals surface area contributed by atoms with Gasteiger partial charge in [0.2, 0.25) is 0 Å². The van der Waals surface area contributed by atoms with Gasteiger partial charge in [-0.25, -0.2) is 9.78 Å². The molecule has 2 heterocycles. The van der Waals surface area contributed by atoms with E-state index in [2.05, 4.69) is 16.5 Å². The van der Waals surface area contributed by atoms with Gasteiger partial charge in [-0.3, -0.25) is 4.79 Å². The average Bonchev–Trinajstić information content (AvgIpc) is 3.28. The molecule has 0 radical (unpaired) electrons. The van der Waals surface area contributed by atoms with Gasteiger partial charge in [-0.05, 0) is 36.3 Å². The van der Waals surface area contributed by atoms with E-state index < -0.39 is 0 Å². The molecule has 6 nitrogen and oxygen atoms in total. The fourth-order valence-electron chi connectivity index (χ4n) is 3.88. The van der Waals surface area contributed by atoms with Gasteiger partial charge in [0.25, 0.3) is 5.91 Å². The van der Waals surface area contributed by atoms with Crippen molar-refractivity contribution in [3.05, 3.63) is 82.9 Å². The van der Waals surface area contributed by atoms with Crippen LogP contribution >= 0.6 is 0 Å². The maximum atomic E-state index is 12.9. The number of amides is 1. The predicted octanol–water partition coefficient (Wildman–Crippen LogP) is 4.19. The molecule has 1 aliphatic rings. The molecular formula is C25H25N3O3. The van der Waals surface area contributed by atoms with Crippen molar-refractivity contribution < 1.29 is 14.3 Å². The second-order valence-corrected chi connectivity index (χ2v) is 7.56. The van der Waals surface area contributed by atoms with E-state index in [1.807, 2.05) is 48.7 Å². The van der Waals surface area contributed by atoms with Crippen LogP contribution in [0.3, 0.4) is 0 Å². The van der Waals surface area contributed by atoms with Crippen molar-refractivity contribution in [1.29, 1.82) is 0 Å². The van der Waals surface area contributed by atoms with Gasteiger partial charge in [-0.1, -0.05) is 37.3 Å². The van der Waals surface area contributed by atoms with Crippen molar-refractivity contribution in [3.8, 4) is 0 Å². The Morgan fingerprint density at radius 2 is 1.87 bits per heavy atom. The zero-order chi connectivity index (χ0) is 22.0. The standard InChI is InChI=1S/C25H25N3O3/c1-4-7-23-26-15-19(14-21-20-8-5-6-9-22(20)27(2)24(21)29)28(23)16-17-10-12-18(13-11-17)25(30)31-3/h5-6,8-15H,4,7,16H2,1-3H3. The Bertz CT molecular complexity index is 1160. The van der Waals surface area contributed by atoms with Crippen LogP contribution in [0, 0.1) is 0 Å². The summed E-state index contributed by atoms with van der Waals surface area (Å²) in [6, 6.07) is 15.2. The molecule has 0 fully saturated rings. The van der Waals surface area contributed by atoms with E-state index in [0.29, 0.717) is 17.7 Å². The lowest BCUT2D eigenvalue weighted by molar-refractivity contribution is -0.112. The van der Waals surface area contributed by atoms with Gasteiger partial charge in [0, 0.05) is 25.6 Å². The molecule has 6 heteroatoms. The third kappa shape index (κ3) is 3.89. The molecule has 3 aromatic rings. The number of imidazole rings is 1. The summed E-state index contributed by atoms with van der Waals surface area (Å²) in [6.07, 6.45) is 5.57. The van der Waals surface area contributed by atoms with Crippen LogP contribution < -0.4 is 4.90 Å². The smallest absolute Gasteiger partial charge is 0.337 e. The van der Waals surface area contributed by atoms with E-state index in [1.165, 1.54) is 7.11 Å². The fourth-order valence-corrected chi connectivity index (χ4v) is 3.88. The highest BCUT2D eigenvalue weighted by atomic mass is 16.5. The lowest BCUT2D eigenvalue weighted by atomic mass is 10.1. The monoisotopic (exact) mass is 415 g/mol. The summed E-state index contributed by atoms with van der Waals surface area (Å²) in [4.78, 5) is 30.9. The number of anilines is 1.